The minimum absolute atomic E-state index is 0.00125. The van der Waals surface area contributed by atoms with Gasteiger partial charge >= 0.3 is 0 Å². The Balaban J connectivity index is 2.07. The topological polar surface area (TPSA) is 17.1 Å². The lowest BCUT2D eigenvalue weighted by molar-refractivity contribution is 0.103. The smallest absolute Gasteiger partial charge is 0.193 e. The fraction of sp³-hybridized carbons (Fsp3) is 0.0556. The Morgan fingerprint density at radius 3 is 2.35 bits per heavy atom. The molecule has 0 aliphatic carbocycles. The van der Waals surface area contributed by atoms with E-state index in [1.807, 2.05) is 61.5 Å². The first-order chi connectivity index (χ1) is 9.63. The Labute approximate surface area is 122 Å². The summed E-state index contributed by atoms with van der Waals surface area (Å²) in [5, 5.41) is 2.79. The lowest BCUT2D eigenvalue weighted by Gasteiger charge is -2.05. The second-order valence-corrected chi connectivity index (χ2v) is 5.34. The highest BCUT2D eigenvalue weighted by atomic mass is 35.5. The minimum atomic E-state index is 0.00125. The van der Waals surface area contributed by atoms with Crippen LogP contribution in [0.5, 0.6) is 0 Å². The van der Waals surface area contributed by atoms with Gasteiger partial charge in [-0.25, -0.2) is 0 Å². The average Bonchev–Trinajstić information content (AvgIpc) is 2.45. The second-order valence-electron chi connectivity index (χ2n) is 4.91. The maximum atomic E-state index is 12.5. The van der Waals surface area contributed by atoms with Crippen LogP contribution in [0.4, 0.5) is 0 Å². The first-order valence-corrected chi connectivity index (χ1v) is 6.82. The Bertz CT molecular complexity index is 785. The van der Waals surface area contributed by atoms with Gasteiger partial charge in [0, 0.05) is 16.1 Å². The van der Waals surface area contributed by atoms with Gasteiger partial charge in [-0.1, -0.05) is 48.0 Å². The molecule has 0 aliphatic heterocycles. The van der Waals surface area contributed by atoms with Gasteiger partial charge in [-0.3, -0.25) is 4.79 Å². The highest BCUT2D eigenvalue weighted by molar-refractivity contribution is 6.31. The predicted molar refractivity (Wildman–Crippen MR) is 83.6 cm³/mol. The average molecular weight is 281 g/mol. The van der Waals surface area contributed by atoms with Crippen LogP contribution in [-0.2, 0) is 0 Å². The van der Waals surface area contributed by atoms with Crippen molar-refractivity contribution in [3.8, 4) is 0 Å². The molecule has 0 atom stereocenters. The molecule has 0 radical (unpaired) electrons. The number of rotatable bonds is 2. The van der Waals surface area contributed by atoms with Crippen LogP contribution >= 0.6 is 11.6 Å². The molecule has 0 N–H and O–H groups in total. The molecule has 0 unspecified atom stereocenters. The second kappa shape index (κ2) is 5.10. The molecule has 0 spiro atoms. The molecule has 98 valence electrons. The van der Waals surface area contributed by atoms with Crippen molar-refractivity contribution in [2.24, 2.45) is 0 Å². The zero-order chi connectivity index (χ0) is 14.1. The molecular weight excluding hydrogens is 268 g/mol. The summed E-state index contributed by atoms with van der Waals surface area (Å²) < 4.78 is 0. The Morgan fingerprint density at radius 1 is 0.850 bits per heavy atom. The molecule has 1 nitrogen and oxygen atoms in total. The highest BCUT2D eigenvalue weighted by Gasteiger charge is 2.10. The third-order valence-corrected chi connectivity index (χ3v) is 3.53. The largest absolute Gasteiger partial charge is 0.289 e. The van der Waals surface area contributed by atoms with Gasteiger partial charge < -0.3 is 0 Å². The maximum Gasteiger partial charge on any atom is 0.193 e. The molecule has 3 rings (SSSR count). The van der Waals surface area contributed by atoms with E-state index in [0.717, 1.165) is 16.3 Å². The van der Waals surface area contributed by atoms with Crippen molar-refractivity contribution in [1.82, 2.24) is 0 Å². The van der Waals surface area contributed by atoms with Crippen LogP contribution in [0.1, 0.15) is 21.5 Å². The van der Waals surface area contributed by atoms with E-state index in [4.69, 9.17) is 11.6 Å². The molecule has 0 fully saturated rings. The van der Waals surface area contributed by atoms with Crippen molar-refractivity contribution in [2.45, 2.75) is 6.92 Å². The number of ketones is 1. The van der Waals surface area contributed by atoms with Crippen LogP contribution in [0, 0.1) is 6.92 Å². The molecule has 0 saturated heterocycles. The van der Waals surface area contributed by atoms with Gasteiger partial charge in [0.25, 0.3) is 0 Å². The summed E-state index contributed by atoms with van der Waals surface area (Å²) in [4.78, 5) is 12.5. The first-order valence-electron chi connectivity index (χ1n) is 6.44. The summed E-state index contributed by atoms with van der Waals surface area (Å²) in [6.45, 7) is 1.93. The molecule has 20 heavy (non-hydrogen) atoms. The molecule has 0 amide bonds. The summed E-state index contributed by atoms with van der Waals surface area (Å²) >= 11 is 6.02. The van der Waals surface area contributed by atoms with Gasteiger partial charge in [0.2, 0.25) is 0 Å². The summed E-state index contributed by atoms with van der Waals surface area (Å²) in [5.74, 6) is 0.00125. The van der Waals surface area contributed by atoms with E-state index in [2.05, 4.69) is 0 Å². The van der Waals surface area contributed by atoms with E-state index in [1.54, 1.807) is 6.07 Å². The van der Waals surface area contributed by atoms with Crippen molar-refractivity contribution >= 4 is 28.2 Å². The van der Waals surface area contributed by atoms with E-state index < -0.39 is 0 Å². The highest BCUT2D eigenvalue weighted by Crippen LogP contribution is 2.21. The fourth-order valence-electron chi connectivity index (χ4n) is 2.36. The molecule has 0 aliphatic rings. The van der Waals surface area contributed by atoms with Crippen LogP contribution in [0.15, 0.2) is 60.7 Å². The predicted octanol–water partition coefficient (Wildman–Crippen LogP) is 5.03. The SMILES string of the molecule is Cc1cc(Cl)cc(C(=O)c2ccc3ccccc3c2)c1. The Kier molecular flexibility index (Phi) is 3.29. The fourth-order valence-corrected chi connectivity index (χ4v) is 2.65. The monoisotopic (exact) mass is 280 g/mol. The van der Waals surface area contributed by atoms with Gasteiger partial charge in [-0.15, -0.1) is 0 Å². The van der Waals surface area contributed by atoms with E-state index >= 15 is 0 Å². The van der Waals surface area contributed by atoms with Crippen molar-refractivity contribution < 1.29 is 4.79 Å². The number of benzene rings is 3. The van der Waals surface area contributed by atoms with E-state index in [1.165, 1.54) is 0 Å². The molecule has 0 saturated carbocycles. The standard InChI is InChI=1S/C18H13ClO/c1-12-8-16(11-17(19)9-12)18(20)15-7-6-13-4-2-3-5-14(13)10-15/h2-11H,1H3. The van der Waals surface area contributed by atoms with Gasteiger partial charge in [-0.05, 0) is 47.5 Å². The number of halogens is 1. The summed E-state index contributed by atoms with van der Waals surface area (Å²) in [5.41, 5.74) is 2.30. The quantitative estimate of drug-likeness (QED) is 0.602. The Morgan fingerprint density at radius 2 is 1.60 bits per heavy atom. The third kappa shape index (κ3) is 2.45. The van der Waals surface area contributed by atoms with Crippen molar-refractivity contribution in [1.29, 1.82) is 0 Å². The van der Waals surface area contributed by atoms with Gasteiger partial charge in [0.1, 0.15) is 0 Å². The van der Waals surface area contributed by atoms with Crippen LogP contribution in [0.3, 0.4) is 0 Å². The van der Waals surface area contributed by atoms with Crippen molar-refractivity contribution in [3.63, 3.8) is 0 Å². The number of fused-ring (bicyclic) bond motifs is 1. The maximum absolute atomic E-state index is 12.5. The third-order valence-electron chi connectivity index (χ3n) is 3.32. The molecular formula is C18H13ClO. The van der Waals surface area contributed by atoms with Crippen LogP contribution in [0.25, 0.3) is 10.8 Å². The van der Waals surface area contributed by atoms with Crippen molar-refractivity contribution in [3.05, 3.63) is 82.4 Å². The van der Waals surface area contributed by atoms with E-state index in [-0.39, 0.29) is 5.78 Å². The van der Waals surface area contributed by atoms with Gasteiger partial charge in [0.05, 0.1) is 0 Å². The lowest BCUT2D eigenvalue weighted by Crippen LogP contribution is -2.01. The van der Waals surface area contributed by atoms with Crippen LogP contribution in [0.2, 0.25) is 5.02 Å². The molecule has 0 aromatic heterocycles. The number of carbonyl (C=O) groups is 1. The van der Waals surface area contributed by atoms with E-state index in [0.29, 0.717) is 16.1 Å². The van der Waals surface area contributed by atoms with Gasteiger partial charge in [0.15, 0.2) is 5.78 Å². The number of aryl methyl sites for hydroxylation is 1. The minimum Gasteiger partial charge on any atom is -0.289 e. The number of hydrogen-bond acceptors (Lipinski definition) is 1. The zero-order valence-electron chi connectivity index (χ0n) is 11.1. The van der Waals surface area contributed by atoms with Crippen LogP contribution in [-0.4, -0.2) is 5.78 Å². The number of hydrogen-bond donors (Lipinski definition) is 0. The first kappa shape index (κ1) is 12.9. The summed E-state index contributed by atoms with van der Waals surface area (Å²) in [6.07, 6.45) is 0. The summed E-state index contributed by atoms with van der Waals surface area (Å²) in [6, 6.07) is 19.2. The molecule has 2 heteroatoms. The molecule has 3 aromatic rings. The van der Waals surface area contributed by atoms with Crippen molar-refractivity contribution in [2.75, 3.05) is 0 Å². The zero-order valence-corrected chi connectivity index (χ0v) is 11.8. The van der Waals surface area contributed by atoms with Gasteiger partial charge in [-0.2, -0.15) is 0 Å². The molecule has 3 aromatic carbocycles. The molecule has 0 bridgehead atoms. The lowest BCUT2D eigenvalue weighted by atomic mass is 9.99. The molecule has 0 heterocycles. The van der Waals surface area contributed by atoms with E-state index in [9.17, 15) is 4.79 Å². The Hall–Kier alpha value is -2.12. The van der Waals surface area contributed by atoms with Crippen LogP contribution < -0.4 is 0 Å². The summed E-state index contributed by atoms with van der Waals surface area (Å²) in [7, 11) is 0. The normalized spacial score (nSPS) is 10.7. The number of carbonyl (C=O) groups excluding carboxylic acids is 1.